The highest BCUT2D eigenvalue weighted by molar-refractivity contribution is 6.30. The highest BCUT2D eigenvalue weighted by Crippen LogP contribution is 2.45. The number of halogens is 1. The van der Waals surface area contributed by atoms with Crippen molar-refractivity contribution < 1.29 is 23.8 Å². The first-order valence-electron chi connectivity index (χ1n) is 11.6. The van der Waals surface area contributed by atoms with Gasteiger partial charge in [0.05, 0.1) is 33.3 Å². The third-order valence-corrected chi connectivity index (χ3v) is 6.79. The molecule has 0 fully saturated rings. The first-order valence-corrected chi connectivity index (χ1v) is 11.9. The zero-order chi connectivity index (χ0) is 25.8. The van der Waals surface area contributed by atoms with E-state index in [1.807, 2.05) is 48.5 Å². The second kappa shape index (κ2) is 10.9. The van der Waals surface area contributed by atoms with Crippen LogP contribution in [0.4, 0.5) is 0 Å². The zero-order valence-corrected chi connectivity index (χ0v) is 21.5. The number of carbonyl (C=O) groups is 2. The summed E-state index contributed by atoms with van der Waals surface area (Å²) in [6.45, 7) is 0.437. The van der Waals surface area contributed by atoms with Crippen molar-refractivity contribution in [3.63, 3.8) is 0 Å². The lowest BCUT2D eigenvalue weighted by atomic mass is 9.79. The Labute approximate surface area is 215 Å². The molecule has 36 heavy (non-hydrogen) atoms. The van der Waals surface area contributed by atoms with E-state index in [9.17, 15) is 9.59 Å². The van der Waals surface area contributed by atoms with Gasteiger partial charge in [-0.1, -0.05) is 35.9 Å². The van der Waals surface area contributed by atoms with Crippen LogP contribution in [0.3, 0.4) is 0 Å². The Balaban J connectivity index is 1.72. The van der Waals surface area contributed by atoms with E-state index in [1.165, 1.54) is 14.2 Å². The maximum absolute atomic E-state index is 13.8. The number of likely N-dealkylation sites (N-methyl/N-ethyl adjacent to an activating group) is 1. The van der Waals surface area contributed by atoms with E-state index in [0.29, 0.717) is 46.4 Å². The number of ether oxygens (including phenoxy) is 3. The van der Waals surface area contributed by atoms with Crippen molar-refractivity contribution in [2.75, 3.05) is 34.9 Å². The number of amides is 2. The Bertz CT molecular complexity index is 1240. The topological polar surface area (TPSA) is 77.1 Å². The van der Waals surface area contributed by atoms with Gasteiger partial charge in [0.2, 0.25) is 5.91 Å². The molecule has 2 amide bonds. The third kappa shape index (κ3) is 4.97. The Morgan fingerprint density at radius 2 is 1.58 bits per heavy atom. The van der Waals surface area contributed by atoms with E-state index < -0.39 is 12.0 Å². The van der Waals surface area contributed by atoms with E-state index in [-0.39, 0.29) is 11.8 Å². The van der Waals surface area contributed by atoms with Crippen LogP contribution in [0.15, 0.2) is 60.7 Å². The quantitative estimate of drug-likeness (QED) is 0.480. The molecule has 0 saturated heterocycles. The van der Waals surface area contributed by atoms with Crippen LogP contribution in [0.25, 0.3) is 0 Å². The standard InChI is InChI=1S/C28H29ClN2O5/c1-31-26(18-7-11-20(34-2)12-8-18)25(27(32)30-14-13-17-5-9-19(29)10-6-17)21-15-23(35-3)24(36-4)16-22(21)28(31)33/h5-12,15-16,25-26H,13-14H2,1-4H3,(H,30,32). The molecule has 1 aliphatic rings. The molecule has 4 rings (SSSR count). The summed E-state index contributed by atoms with van der Waals surface area (Å²) in [5, 5.41) is 3.74. The van der Waals surface area contributed by atoms with Gasteiger partial charge in [0.1, 0.15) is 5.75 Å². The number of nitrogens with zero attached hydrogens (tertiary/aromatic N) is 1. The van der Waals surface area contributed by atoms with E-state index in [4.69, 9.17) is 25.8 Å². The normalized spacial score (nSPS) is 16.8. The number of methoxy groups -OCH3 is 3. The smallest absolute Gasteiger partial charge is 0.254 e. The van der Waals surface area contributed by atoms with E-state index in [0.717, 1.165) is 11.1 Å². The minimum Gasteiger partial charge on any atom is -0.497 e. The van der Waals surface area contributed by atoms with E-state index in [2.05, 4.69) is 5.32 Å². The van der Waals surface area contributed by atoms with Gasteiger partial charge in [0.15, 0.2) is 11.5 Å². The second-order valence-electron chi connectivity index (χ2n) is 8.57. The van der Waals surface area contributed by atoms with Gasteiger partial charge in [-0.25, -0.2) is 0 Å². The summed E-state index contributed by atoms with van der Waals surface area (Å²) in [4.78, 5) is 28.8. The van der Waals surface area contributed by atoms with Gasteiger partial charge in [-0.2, -0.15) is 0 Å². The molecular weight excluding hydrogens is 480 g/mol. The van der Waals surface area contributed by atoms with Crippen molar-refractivity contribution in [2.45, 2.75) is 18.4 Å². The molecule has 3 aromatic rings. The SMILES string of the molecule is COc1ccc(C2C(C(=O)NCCc3ccc(Cl)cc3)c3cc(OC)c(OC)cc3C(=O)N2C)cc1. The summed E-state index contributed by atoms with van der Waals surface area (Å²) in [6, 6.07) is 17.8. The van der Waals surface area contributed by atoms with Crippen LogP contribution in [-0.4, -0.2) is 51.6 Å². The van der Waals surface area contributed by atoms with Gasteiger partial charge >= 0.3 is 0 Å². The largest absolute Gasteiger partial charge is 0.497 e. The molecule has 1 N–H and O–H groups in total. The molecule has 0 radical (unpaired) electrons. The molecule has 0 spiro atoms. The van der Waals surface area contributed by atoms with Crippen LogP contribution in [0.5, 0.6) is 17.2 Å². The molecule has 3 aromatic carbocycles. The minimum atomic E-state index is -0.666. The van der Waals surface area contributed by atoms with Crippen molar-refractivity contribution >= 4 is 23.4 Å². The van der Waals surface area contributed by atoms with Gasteiger partial charge in [0.25, 0.3) is 5.91 Å². The fourth-order valence-electron chi connectivity index (χ4n) is 4.64. The van der Waals surface area contributed by atoms with Crippen molar-refractivity contribution in [3.05, 3.63) is 87.9 Å². The number of hydrogen-bond acceptors (Lipinski definition) is 5. The average Bonchev–Trinajstić information content (AvgIpc) is 2.90. The molecule has 2 unspecified atom stereocenters. The Hall–Kier alpha value is -3.71. The summed E-state index contributed by atoms with van der Waals surface area (Å²) in [7, 11) is 6.36. The lowest BCUT2D eigenvalue weighted by Gasteiger charge is -2.40. The van der Waals surface area contributed by atoms with E-state index in [1.54, 1.807) is 31.2 Å². The maximum Gasteiger partial charge on any atom is 0.254 e. The first kappa shape index (κ1) is 25.4. The van der Waals surface area contributed by atoms with Gasteiger partial charge in [-0.05, 0) is 59.5 Å². The Morgan fingerprint density at radius 1 is 0.944 bits per heavy atom. The van der Waals surface area contributed by atoms with Crippen LogP contribution >= 0.6 is 11.6 Å². The number of fused-ring (bicyclic) bond motifs is 1. The molecule has 0 bridgehead atoms. The molecule has 8 heteroatoms. The third-order valence-electron chi connectivity index (χ3n) is 6.54. The molecule has 7 nitrogen and oxygen atoms in total. The second-order valence-corrected chi connectivity index (χ2v) is 9.01. The van der Waals surface area contributed by atoms with Crippen molar-refractivity contribution in [1.29, 1.82) is 0 Å². The first-order chi connectivity index (χ1) is 17.4. The molecule has 0 aromatic heterocycles. The fraction of sp³-hybridized carbons (Fsp3) is 0.286. The summed E-state index contributed by atoms with van der Waals surface area (Å²) in [6.07, 6.45) is 0.649. The van der Waals surface area contributed by atoms with Crippen LogP contribution in [-0.2, 0) is 11.2 Å². The number of rotatable bonds is 8. The molecule has 188 valence electrons. The van der Waals surface area contributed by atoms with Gasteiger partial charge < -0.3 is 24.4 Å². The molecule has 1 heterocycles. The summed E-state index contributed by atoms with van der Waals surface area (Å²) in [5.74, 6) is 0.541. The highest BCUT2D eigenvalue weighted by Gasteiger charge is 2.43. The van der Waals surface area contributed by atoms with E-state index >= 15 is 0 Å². The fourth-order valence-corrected chi connectivity index (χ4v) is 4.77. The predicted octanol–water partition coefficient (Wildman–Crippen LogP) is 4.64. The molecule has 0 aliphatic carbocycles. The average molecular weight is 509 g/mol. The van der Waals surface area contributed by atoms with Crippen molar-refractivity contribution in [2.24, 2.45) is 0 Å². The molecule has 0 saturated carbocycles. The Morgan fingerprint density at radius 3 is 2.19 bits per heavy atom. The van der Waals surface area contributed by atoms with Crippen LogP contribution in [0.1, 0.15) is 39.0 Å². The summed E-state index contributed by atoms with van der Waals surface area (Å²) in [5.41, 5.74) is 2.90. The van der Waals surface area contributed by atoms with Gasteiger partial charge in [-0.3, -0.25) is 9.59 Å². The van der Waals surface area contributed by atoms with Gasteiger partial charge in [0, 0.05) is 24.2 Å². The zero-order valence-electron chi connectivity index (χ0n) is 20.7. The number of carbonyl (C=O) groups excluding carboxylic acids is 2. The predicted molar refractivity (Wildman–Crippen MR) is 138 cm³/mol. The maximum atomic E-state index is 13.8. The number of benzene rings is 3. The molecule has 1 aliphatic heterocycles. The highest BCUT2D eigenvalue weighted by atomic mass is 35.5. The Kier molecular flexibility index (Phi) is 7.70. The summed E-state index contributed by atoms with van der Waals surface area (Å²) >= 11 is 5.98. The number of hydrogen-bond donors (Lipinski definition) is 1. The van der Waals surface area contributed by atoms with Crippen LogP contribution < -0.4 is 19.5 Å². The lowest BCUT2D eigenvalue weighted by Crippen LogP contribution is -2.46. The van der Waals surface area contributed by atoms with Gasteiger partial charge in [-0.15, -0.1) is 0 Å². The molecular formula is C28H29ClN2O5. The number of nitrogens with one attached hydrogen (secondary N) is 1. The van der Waals surface area contributed by atoms with Crippen molar-refractivity contribution in [3.8, 4) is 17.2 Å². The van der Waals surface area contributed by atoms with Crippen LogP contribution in [0, 0.1) is 0 Å². The monoisotopic (exact) mass is 508 g/mol. The van der Waals surface area contributed by atoms with Crippen molar-refractivity contribution in [1.82, 2.24) is 10.2 Å². The summed E-state index contributed by atoms with van der Waals surface area (Å²) < 4.78 is 16.2. The lowest BCUT2D eigenvalue weighted by molar-refractivity contribution is -0.124. The van der Waals surface area contributed by atoms with Crippen LogP contribution in [0.2, 0.25) is 5.02 Å². The molecule has 2 atom stereocenters. The minimum absolute atomic E-state index is 0.183.